The van der Waals surface area contributed by atoms with Crippen molar-refractivity contribution in [1.29, 1.82) is 0 Å². The number of carbonyl (C=O) groups excluding carboxylic acids is 11. The second-order valence-electron chi connectivity index (χ2n) is 23.9. The Kier molecular flexibility index (Phi) is 38.7. The van der Waals surface area contributed by atoms with Gasteiger partial charge in [-0.25, -0.2) is 0 Å². The predicted octanol–water partition coefficient (Wildman–Crippen LogP) is -5.70. The van der Waals surface area contributed by atoms with Crippen molar-refractivity contribution in [2.75, 3.05) is 26.2 Å². The minimum atomic E-state index is -1.40. The quantitative estimate of drug-likeness (QED) is 0.0164. The SMILES string of the molecule is CC[C@H](C)[C@H](NC(=O)[C@H](CCCN=C(N)N)NC(=O)[C@H](C)NC(=O)[C@H](C)N)C(=O)N[C@H](C(=O)N[C@@H](CC(C)C)C(=O)N[C@@H](CCCN=C(N)N)C(=O)N[C@@H](C)C(=O)N[C@@H](CCCN=C(N)N)C(=O)N[C@@H](Cc1ccccc1)C(=O)N[C@@H](CCCN=C(N)N)C(N)=O)[C@@H](C)CC. The van der Waals surface area contributed by atoms with Crippen molar-refractivity contribution in [3.05, 3.63) is 35.9 Å². The molecule has 0 heterocycles. The third-order valence-corrected chi connectivity index (χ3v) is 15.1. The largest absolute Gasteiger partial charge is 0.370 e. The summed E-state index contributed by atoms with van der Waals surface area (Å²) < 4.78 is 0. The number of rotatable bonds is 45. The van der Waals surface area contributed by atoms with Crippen LogP contribution in [0.4, 0.5) is 0 Å². The van der Waals surface area contributed by atoms with Crippen LogP contribution in [0.15, 0.2) is 50.3 Å². The summed E-state index contributed by atoms with van der Waals surface area (Å²) in [4.78, 5) is 168. The van der Waals surface area contributed by atoms with Crippen molar-refractivity contribution in [3.63, 3.8) is 0 Å². The van der Waals surface area contributed by atoms with Gasteiger partial charge in [-0.2, -0.15) is 0 Å². The first-order valence-corrected chi connectivity index (χ1v) is 32.0. The first-order valence-electron chi connectivity index (χ1n) is 32.0. The van der Waals surface area contributed by atoms with Crippen LogP contribution in [-0.2, 0) is 59.2 Å². The van der Waals surface area contributed by atoms with Crippen LogP contribution in [0, 0.1) is 17.8 Å². The summed E-state index contributed by atoms with van der Waals surface area (Å²) in [5.74, 6) is -10.8. The lowest BCUT2D eigenvalue weighted by Gasteiger charge is -2.31. The highest BCUT2D eigenvalue weighted by atomic mass is 16.2. The standard InChI is InChI=1S/C60H108N24O11/c1-10-32(5)44(84-56(95)45(33(6)11-2)83-52(91)41(24-18-28-74-60(69)70)79-48(87)35(8)75-47(86)34(7)61)55(94)82-42(29-31(3)4)53(92)80-39(22-16-26-72-58(65)66)50(89)76-36(9)49(88)78-40(23-17-27-73-59(67)68)51(90)81-43(30-37-19-13-12-14-20-37)54(93)77-38(46(62)85)21-15-25-71-57(63)64/h12-14,19-20,31-36,38-45H,10-11,15-18,21-30,61H2,1-9H3,(H2,62,85)(H,75,86)(H,76,89)(H,77,93)(H,78,88)(H,79,87)(H,80,92)(H,81,90)(H,82,94)(H,83,91)(H,84,95)(H4,63,64,71)(H4,65,66,72)(H4,67,68,73)(H4,69,70,74)/t32-,33-,34-,35-,36-,38-,39-,40-,41-,42-,43-,44-,45-/m0/s1. The van der Waals surface area contributed by atoms with Gasteiger partial charge < -0.3 is 111 Å². The molecule has 534 valence electrons. The van der Waals surface area contributed by atoms with Crippen molar-refractivity contribution >= 4 is 88.8 Å². The number of benzene rings is 1. The van der Waals surface area contributed by atoms with Crippen molar-refractivity contribution < 1.29 is 52.7 Å². The summed E-state index contributed by atoms with van der Waals surface area (Å²) in [5.41, 5.74) is 56.0. The first kappa shape index (κ1) is 83.4. The zero-order valence-corrected chi connectivity index (χ0v) is 56.3. The Morgan fingerprint density at radius 3 is 1.05 bits per heavy atom. The topological polar surface area (TPSA) is 618 Å². The van der Waals surface area contributed by atoms with Gasteiger partial charge in [0.05, 0.1) is 6.04 Å². The van der Waals surface area contributed by atoms with Gasteiger partial charge in [0, 0.05) is 32.6 Å². The van der Waals surface area contributed by atoms with E-state index in [1.165, 1.54) is 20.8 Å². The van der Waals surface area contributed by atoms with E-state index < -0.39 is 143 Å². The molecule has 1 aromatic carbocycles. The Labute approximate surface area is 555 Å². The molecule has 11 amide bonds. The van der Waals surface area contributed by atoms with Gasteiger partial charge >= 0.3 is 0 Å². The number of carbonyl (C=O) groups is 11. The molecule has 1 aromatic rings. The molecule has 0 aliphatic carbocycles. The average molecular weight is 1340 g/mol. The van der Waals surface area contributed by atoms with Crippen LogP contribution in [0.1, 0.15) is 139 Å². The molecular weight excluding hydrogens is 1230 g/mol. The zero-order chi connectivity index (χ0) is 72.1. The maximum absolute atomic E-state index is 14.6. The monoisotopic (exact) mass is 1340 g/mol. The molecule has 0 radical (unpaired) electrons. The lowest BCUT2D eigenvalue weighted by atomic mass is 9.94. The Hall–Kier alpha value is -9.57. The number of aliphatic imine (C=N–C) groups is 4. The highest BCUT2D eigenvalue weighted by molar-refractivity contribution is 5.99. The van der Waals surface area contributed by atoms with Gasteiger partial charge in [-0.15, -0.1) is 0 Å². The highest BCUT2D eigenvalue weighted by Crippen LogP contribution is 2.16. The summed E-state index contributed by atoms with van der Waals surface area (Å²) in [6, 6.07) is -5.22. The molecule has 0 fully saturated rings. The van der Waals surface area contributed by atoms with E-state index in [-0.39, 0.29) is 120 Å². The van der Waals surface area contributed by atoms with Crippen LogP contribution >= 0.6 is 0 Å². The number of primary amides is 1. The van der Waals surface area contributed by atoms with Crippen molar-refractivity contribution in [3.8, 4) is 0 Å². The van der Waals surface area contributed by atoms with Gasteiger partial charge in [0.25, 0.3) is 0 Å². The van der Waals surface area contributed by atoms with Gasteiger partial charge in [-0.05, 0) is 102 Å². The Balaban J connectivity index is 3.64. The van der Waals surface area contributed by atoms with Crippen molar-refractivity contribution in [1.82, 2.24) is 53.2 Å². The number of nitrogens with two attached hydrogens (primary N) is 10. The minimum absolute atomic E-state index is 0.00235. The first-order chi connectivity index (χ1) is 44.6. The molecule has 95 heavy (non-hydrogen) atoms. The molecule has 0 saturated heterocycles. The number of nitrogens with zero attached hydrogens (tertiary/aromatic N) is 4. The van der Waals surface area contributed by atoms with Gasteiger partial charge in [0.2, 0.25) is 65.0 Å². The number of amides is 11. The van der Waals surface area contributed by atoms with Gasteiger partial charge in [-0.1, -0.05) is 84.7 Å². The number of guanidine groups is 4. The van der Waals surface area contributed by atoms with Crippen LogP contribution in [0.25, 0.3) is 0 Å². The Bertz CT molecular complexity index is 2790. The van der Waals surface area contributed by atoms with Crippen LogP contribution in [-0.4, -0.2) is 181 Å². The van der Waals surface area contributed by atoms with E-state index >= 15 is 0 Å². The number of hydrogen-bond acceptors (Lipinski definition) is 16. The molecule has 13 atom stereocenters. The second kappa shape index (κ2) is 44.1. The number of nitrogens with one attached hydrogen (secondary N) is 10. The summed E-state index contributed by atoms with van der Waals surface area (Å²) in [5, 5.41) is 26.6. The Morgan fingerprint density at radius 1 is 0.368 bits per heavy atom. The van der Waals surface area contributed by atoms with E-state index in [0.29, 0.717) is 18.4 Å². The lowest BCUT2D eigenvalue weighted by molar-refractivity contribution is -0.137. The molecule has 30 N–H and O–H groups in total. The van der Waals surface area contributed by atoms with Crippen molar-refractivity contribution in [2.45, 2.75) is 206 Å². The van der Waals surface area contributed by atoms with Gasteiger partial charge in [0.1, 0.15) is 60.4 Å². The average Bonchev–Trinajstić information content (AvgIpc) is 0.993. The molecule has 0 aliphatic heterocycles. The lowest BCUT2D eigenvalue weighted by Crippen LogP contribution is -2.62. The normalized spacial score (nSPS) is 15.1. The molecule has 0 bridgehead atoms. The second-order valence-corrected chi connectivity index (χ2v) is 23.9. The smallest absolute Gasteiger partial charge is 0.243 e. The van der Waals surface area contributed by atoms with Crippen LogP contribution in [0.2, 0.25) is 0 Å². The maximum Gasteiger partial charge on any atom is 0.243 e. The van der Waals surface area contributed by atoms with E-state index in [1.54, 1.807) is 71.9 Å². The molecule has 35 nitrogen and oxygen atoms in total. The molecule has 0 unspecified atom stereocenters. The Morgan fingerprint density at radius 2 is 0.674 bits per heavy atom. The van der Waals surface area contributed by atoms with E-state index in [0.717, 1.165) is 0 Å². The third-order valence-electron chi connectivity index (χ3n) is 15.1. The van der Waals surface area contributed by atoms with Gasteiger partial charge in [-0.3, -0.25) is 72.7 Å². The molecule has 0 aliphatic rings. The van der Waals surface area contributed by atoms with Gasteiger partial charge in [0.15, 0.2) is 23.8 Å². The fraction of sp³-hybridized carbons (Fsp3) is 0.650. The summed E-state index contributed by atoms with van der Waals surface area (Å²) >= 11 is 0. The molecule has 0 aromatic heterocycles. The molecule has 0 spiro atoms. The minimum Gasteiger partial charge on any atom is -0.370 e. The summed E-state index contributed by atoms with van der Waals surface area (Å²) in [6.45, 7) is 15.0. The zero-order valence-electron chi connectivity index (χ0n) is 56.3. The van der Waals surface area contributed by atoms with E-state index in [2.05, 4.69) is 73.1 Å². The van der Waals surface area contributed by atoms with E-state index in [4.69, 9.17) is 57.3 Å². The molecule has 0 saturated carbocycles. The maximum atomic E-state index is 14.6. The van der Waals surface area contributed by atoms with Crippen LogP contribution in [0.3, 0.4) is 0 Å². The molecule has 35 heteroatoms. The van der Waals surface area contributed by atoms with Crippen LogP contribution < -0.4 is 111 Å². The molecule has 1 rings (SSSR count). The summed E-state index contributed by atoms with van der Waals surface area (Å²) in [7, 11) is 0. The fourth-order valence-corrected chi connectivity index (χ4v) is 9.23. The highest BCUT2D eigenvalue weighted by Gasteiger charge is 2.38. The predicted molar refractivity (Wildman–Crippen MR) is 362 cm³/mol. The fourth-order valence-electron chi connectivity index (χ4n) is 9.23. The molecular formula is C60H108N24O11. The van der Waals surface area contributed by atoms with E-state index in [9.17, 15) is 52.7 Å². The van der Waals surface area contributed by atoms with E-state index in [1.807, 2.05) is 0 Å². The van der Waals surface area contributed by atoms with Crippen LogP contribution in [0.5, 0.6) is 0 Å². The van der Waals surface area contributed by atoms with Crippen molar-refractivity contribution in [2.24, 2.45) is 95.1 Å². The number of hydrogen-bond donors (Lipinski definition) is 20. The third kappa shape index (κ3) is 33.7. The summed E-state index contributed by atoms with van der Waals surface area (Å²) in [6.07, 6.45) is 1.29.